The molecule has 4 rings (SSSR count). The molecule has 6 atom stereocenters. The van der Waals surface area contributed by atoms with E-state index in [0.717, 1.165) is 5.57 Å². The summed E-state index contributed by atoms with van der Waals surface area (Å²) in [7, 11) is 0. The molecular weight excluding hydrogens is 360 g/mol. The van der Waals surface area contributed by atoms with Crippen LogP contribution in [0.2, 0.25) is 0 Å². The maximum atomic E-state index is 13.4. The number of aliphatic hydroxyl groups is 1. The van der Waals surface area contributed by atoms with Gasteiger partial charge in [0, 0.05) is 36.5 Å². The Bertz CT molecular complexity index is 812. The van der Waals surface area contributed by atoms with Crippen LogP contribution in [0.3, 0.4) is 0 Å². The first-order valence-electron chi connectivity index (χ1n) is 10.2. The van der Waals surface area contributed by atoms with Gasteiger partial charge in [-0.05, 0) is 43.1 Å². The lowest BCUT2D eigenvalue weighted by molar-refractivity contribution is -0.172. The standard InChI is InChI=1S/C22H28O6/c1-12(23)28-11-18(26)22(27)9-6-14-13-4-5-15-16(24)7-8-20(15,2)19(13)17(25)10-21(14,22)3/h5,13-14,19,27H,4,6-11H2,1-3H3/t13-,14-,19+,20-,21-,22-/m0/s1. The lowest BCUT2D eigenvalue weighted by atomic mass is 9.48. The Morgan fingerprint density at radius 2 is 1.96 bits per heavy atom. The lowest BCUT2D eigenvalue weighted by Gasteiger charge is -2.54. The van der Waals surface area contributed by atoms with Gasteiger partial charge in [0.25, 0.3) is 0 Å². The molecule has 0 amide bonds. The van der Waals surface area contributed by atoms with Crippen molar-refractivity contribution in [3.63, 3.8) is 0 Å². The molecule has 0 bridgehead atoms. The van der Waals surface area contributed by atoms with E-state index >= 15 is 0 Å². The van der Waals surface area contributed by atoms with Crippen LogP contribution in [0.1, 0.15) is 59.3 Å². The van der Waals surface area contributed by atoms with Crippen molar-refractivity contribution in [1.29, 1.82) is 0 Å². The Morgan fingerprint density at radius 3 is 2.64 bits per heavy atom. The Morgan fingerprint density at radius 1 is 1.25 bits per heavy atom. The smallest absolute Gasteiger partial charge is 0.303 e. The Labute approximate surface area is 164 Å². The zero-order valence-electron chi connectivity index (χ0n) is 16.7. The van der Waals surface area contributed by atoms with Crippen LogP contribution in [0.4, 0.5) is 0 Å². The van der Waals surface area contributed by atoms with Gasteiger partial charge in [-0.15, -0.1) is 0 Å². The van der Waals surface area contributed by atoms with Crippen molar-refractivity contribution in [3.05, 3.63) is 11.6 Å². The SMILES string of the molecule is CC(=O)OCC(=O)[C@@]1(O)CC[C@H]2[C@@H]3CC=C4C(=O)CC[C@]4(C)[C@H]3C(=O)C[C@@]21C. The molecule has 1 N–H and O–H groups in total. The van der Waals surface area contributed by atoms with Crippen molar-refractivity contribution < 1.29 is 29.0 Å². The maximum absolute atomic E-state index is 13.4. The third kappa shape index (κ3) is 2.36. The van der Waals surface area contributed by atoms with Crippen LogP contribution >= 0.6 is 0 Å². The van der Waals surface area contributed by atoms with Crippen LogP contribution in [-0.4, -0.2) is 40.6 Å². The molecule has 0 aliphatic heterocycles. The van der Waals surface area contributed by atoms with E-state index in [1.165, 1.54) is 6.92 Å². The molecule has 6 nitrogen and oxygen atoms in total. The zero-order chi connectivity index (χ0) is 20.5. The average molecular weight is 388 g/mol. The van der Waals surface area contributed by atoms with Crippen LogP contribution < -0.4 is 0 Å². The average Bonchev–Trinajstić information content (AvgIpc) is 3.07. The zero-order valence-corrected chi connectivity index (χ0v) is 16.7. The van der Waals surface area contributed by atoms with Crippen LogP contribution in [0.25, 0.3) is 0 Å². The summed E-state index contributed by atoms with van der Waals surface area (Å²) in [4.78, 5) is 49.5. The molecule has 0 aromatic heterocycles. The fourth-order valence-electron chi connectivity index (χ4n) is 6.94. The number of rotatable bonds is 3. The van der Waals surface area contributed by atoms with E-state index in [0.29, 0.717) is 25.7 Å². The highest BCUT2D eigenvalue weighted by molar-refractivity contribution is 6.01. The minimum absolute atomic E-state index is 0.0202. The summed E-state index contributed by atoms with van der Waals surface area (Å²) >= 11 is 0. The summed E-state index contributed by atoms with van der Waals surface area (Å²) in [6.45, 7) is 4.63. The molecule has 4 aliphatic carbocycles. The lowest BCUT2D eigenvalue weighted by Crippen LogP contribution is -2.60. The third-order valence-electron chi connectivity index (χ3n) is 8.35. The van der Waals surface area contributed by atoms with Gasteiger partial charge in [0.1, 0.15) is 11.4 Å². The summed E-state index contributed by atoms with van der Waals surface area (Å²) in [5, 5.41) is 11.4. The number of ether oxygens (including phenoxy) is 1. The summed E-state index contributed by atoms with van der Waals surface area (Å²) in [6, 6.07) is 0. The first-order valence-corrected chi connectivity index (χ1v) is 10.2. The largest absolute Gasteiger partial charge is 0.458 e. The fraction of sp³-hybridized carbons (Fsp3) is 0.727. The Kier molecular flexibility index (Phi) is 4.24. The second-order valence-corrected chi connectivity index (χ2v) is 9.61. The van der Waals surface area contributed by atoms with E-state index in [-0.39, 0.29) is 42.2 Å². The molecule has 0 aromatic carbocycles. The van der Waals surface area contributed by atoms with Crippen molar-refractivity contribution in [1.82, 2.24) is 0 Å². The summed E-state index contributed by atoms with van der Waals surface area (Å²) in [6.07, 6.45) is 4.89. The molecule has 3 fully saturated rings. The van der Waals surface area contributed by atoms with Crippen LogP contribution in [-0.2, 0) is 23.9 Å². The van der Waals surface area contributed by atoms with Crippen molar-refractivity contribution in [2.45, 2.75) is 64.9 Å². The Hall–Kier alpha value is -1.82. The van der Waals surface area contributed by atoms with E-state index in [4.69, 9.17) is 4.74 Å². The molecule has 6 heteroatoms. The van der Waals surface area contributed by atoms with Crippen LogP contribution in [0.15, 0.2) is 11.6 Å². The summed E-state index contributed by atoms with van der Waals surface area (Å²) in [5.41, 5.74) is -2.14. The molecule has 0 spiro atoms. The predicted molar refractivity (Wildman–Crippen MR) is 99.1 cm³/mol. The number of esters is 1. The minimum atomic E-state index is -1.66. The van der Waals surface area contributed by atoms with Crippen LogP contribution in [0.5, 0.6) is 0 Å². The minimum Gasteiger partial charge on any atom is -0.458 e. The number of allylic oxidation sites excluding steroid dienone is 2. The quantitative estimate of drug-likeness (QED) is 0.744. The summed E-state index contributed by atoms with van der Waals surface area (Å²) < 4.78 is 4.84. The van der Waals surface area contributed by atoms with Gasteiger partial charge in [-0.2, -0.15) is 0 Å². The normalized spacial score (nSPS) is 44.4. The van der Waals surface area contributed by atoms with Crippen molar-refractivity contribution in [2.75, 3.05) is 6.61 Å². The molecule has 0 unspecified atom stereocenters. The Balaban J connectivity index is 1.68. The first-order chi connectivity index (χ1) is 13.0. The number of carbonyl (C=O) groups excluding carboxylic acids is 4. The van der Waals surface area contributed by atoms with E-state index in [9.17, 15) is 24.3 Å². The number of fused-ring (bicyclic) bond motifs is 5. The van der Waals surface area contributed by atoms with Gasteiger partial charge in [0.15, 0.2) is 12.4 Å². The number of ketones is 3. The van der Waals surface area contributed by atoms with Gasteiger partial charge in [0.2, 0.25) is 5.78 Å². The van der Waals surface area contributed by atoms with Crippen molar-refractivity contribution >= 4 is 23.3 Å². The van der Waals surface area contributed by atoms with Gasteiger partial charge >= 0.3 is 5.97 Å². The van der Waals surface area contributed by atoms with Gasteiger partial charge in [-0.25, -0.2) is 0 Å². The van der Waals surface area contributed by atoms with Crippen molar-refractivity contribution in [2.24, 2.45) is 28.6 Å². The first kappa shape index (κ1) is 19.5. The van der Waals surface area contributed by atoms with Gasteiger partial charge in [-0.1, -0.05) is 19.9 Å². The maximum Gasteiger partial charge on any atom is 0.303 e. The third-order valence-corrected chi connectivity index (χ3v) is 8.35. The molecule has 0 radical (unpaired) electrons. The molecule has 4 aliphatic rings. The highest BCUT2D eigenvalue weighted by Crippen LogP contribution is 2.66. The van der Waals surface area contributed by atoms with E-state index in [1.807, 2.05) is 19.9 Å². The van der Waals surface area contributed by atoms with Crippen LogP contribution in [0, 0.1) is 28.6 Å². The molecular formula is C22H28O6. The number of hydrogen-bond acceptors (Lipinski definition) is 6. The highest BCUT2D eigenvalue weighted by atomic mass is 16.5. The number of carbonyl (C=O) groups is 4. The molecule has 0 aromatic rings. The second-order valence-electron chi connectivity index (χ2n) is 9.61. The van der Waals surface area contributed by atoms with E-state index in [1.54, 1.807) is 0 Å². The number of hydrogen-bond donors (Lipinski definition) is 1. The topological polar surface area (TPSA) is 97.7 Å². The molecule has 3 saturated carbocycles. The number of Topliss-reactive ketones (excluding diaryl/α,β-unsaturated/α-hetero) is 3. The van der Waals surface area contributed by atoms with Gasteiger partial charge in [-0.3, -0.25) is 19.2 Å². The molecule has 0 saturated heterocycles. The van der Waals surface area contributed by atoms with E-state index in [2.05, 4.69) is 0 Å². The molecule has 28 heavy (non-hydrogen) atoms. The highest BCUT2D eigenvalue weighted by Gasteiger charge is 2.68. The van der Waals surface area contributed by atoms with Gasteiger partial charge < -0.3 is 9.84 Å². The molecule has 0 heterocycles. The second kappa shape index (κ2) is 6.09. The van der Waals surface area contributed by atoms with Gasteiger partial charge in [0.05, 0.1) is 0 Å². The fourth-order valence-corrected chi connectivity index (χ4v) is 6.94. The monoisotopic (exact) mass is 388 g/mol. The van der Waals surface area contributed by atoms with E-state index < -0.39 is 34.8 Å². The summed E-state index contributed by atoms with van der Waals surface area (Å²) in [5.74, 6) is -1.06. The molecule has 152 valence electrons. The predicted octanol–water partition coefficient (Wildman–Crippen LogP) is 2.17. The van der Waals surface area contributed by atoms with Crippen molar-refractivity contribution in [3.8, 4) is 0 Å².